The first-order valence-electron chi connectivity index (χ1n) is 11.2. The van der Waals surface area contributed by atoms with Gasteiger partial charge in [-0.15, -0.1) is 0 Å². The van der Waals surface area contributed by atoms with Crippen LogP contribution in [0.5, 0.6) is 0 Å². The molecule has 1 spiro atoms. The van der Waals surface area contributed by atoms with E-state index in [-0.39, 0.29) is 0 Å². The lowest BCUT2D eigenvalue weighted by Crippen LogP contribution is -2.72. The van der Waals surface area contributed by atoms with Crippen LogP contribution in [-0.2, 0) is 9.53 Å². The molecule has 1 amide bonds. The molecule has 2 saturated heterocycles. The molecule has 152 valence electrons. The molecule has 2 aliphatic carbocycles. The Morgan fingerprint density at radius 1 is 1.30 bits per heavy atom. The maximum atomic E-state index is 12.1. The van der Waals surface area contributed by atoms with Crippen LogP contribution < -0.4 is 10.6 Å². The summed E-state index contributed by atoms with van der Waals surface area (Å²) in [6.45, 7) is 6.45. The van der Waals surface area contributed by atoms with E-state index >= 15 is 0 Å². The van der Waals surface area contributed by atoms with Gasteiger partial charge in [-0.25, -0.2) is 0 Å². The van der Waals surface area contributed by atoms with Gasteiger partial charge >= 0.3 is 0 Å². The number of likely N-dealkylation sites (tertiary alicyclic amines) is 1. The summed E-state index contributed by atoms with van der Waals surface area (Å²) in [5, 5.41) is 7.18. The number of guanidine groups is 1. The third kappa shape index (κ3) is 3.69. The maximum Gasteiger partial charge on any atom is 0.222 e. The Bertz CT molecular complexity index is 560. The van der Waals surface area contributed by atoms with Crippen molar-refractivity contribution < 1.29 is 9.53 Å². The van der Waals surface area contributed by atoms with Gasteiger partial charge in [0.2, 0.25) is 5.91 Å². The summed E-state index contributed by atoms with van der Waals surface area (Å²) in [4.78, 5) is 19.0. The van der Waals surface area contributed by atoms with E-state index in [1.807, 2.05) is 4.90 Å². The van der Waals surface area contributed by atoms with Gasteiger partial charge in [-0.2, -0.15) is 0 Å². The fourth-order valence-corrected chi connectivity index (χ4v) is 5.65. The molecule has 2 N–H and O–H groups in total. The monoisotopic (exact) mass is 376 g/mol. The predicted octanol–water partition coefficient (Wildman–Crippen LogP) is 2.29. The first kappa shape index (κ1) is 19.0. The summed E-state index contributed by atoms with van der Waals surface area (Å²) in [5.74, 6) is 1.93. The van der Waals surface area contributed by atoms with E-state index in [2.05, 4.69) is 17.6 Å². The molecule has 0 aromatic rings. The van der Waals surface area contributed by atoms with Crippen LogP contribution in [0.4, 0.5) is 0 Å². The Balaban J connectivity index is 1.29. The topological polar surface area (TPSA) is 66.0 Å². The Labute approximate surface area is 163 Å². The second-order valence-electron chi connectivity index (χ2n) is 8.76. The molecule has 6 heteroatoms. The van der Waals surface area contributed by atoms with Crippen molar-refractivity contribution in [3.63, 3.8) is 0 Å². The van der Waals surface area contributed by atoms with E-state index in [1.54, 1.807) is 0 Å². The second-order valence-corrected chi connectivity index (χ2v) is 8.76. The molecule has 2 aliphatic heterocycles. The zero-order valence-corrected chi connectivity index (χ0v) is 16.8. The molecule has 3 unspecified atom stereocenters. The highest BCUT2D eigenvalue weighted by Crippen LogP contribution is 2.62. The van der Waals surface area contributed by atoms with Crippen LogP contribution in [0.15, 0.2) is 4.99 Å². The average Bonchev–Trinajstić information content (AvgIpc) is 2.93. The number of carbonyl (C=O) groups is 1. The molecule has 2 saturated carbocycles. The van der Waals surface area contributed by atoms with Gasteiger partial charge in [0, 0.05) is 56.6 Å². The van der Waals surface area contributed by atoms with E-state index in [4.69, 9.17) is 9.73 Å². The van der Waals surface area contributed by atoms with Gasteiger partial charge < -0.3 is 20.3 Å². The number of nitrogens with zero attached hydrogens (tertiary/aromatic N) is 2. The van der Waals surface area contributed by atoms with Crippen LogP contribution in [-0.4, -0.2) is 61.7 Å². The van der Waals surface area contributed by atoms with Crippen LogP contribution in [0.2, 0.25) is 0 Å². The molecule has 2 heterocycles. The van der Waals surface area contributed by atoms with Gasteiger partial charge in [-0.05, 0) is 45.4 Å². The zero-order valence-electron chi connectivity index (χ0n) is 16.8. The SMILES string of the molecule is CCNC(=NCCCN1CCCCCC1=O)NC1C2CCOC2C12CCC2. The van der Waals surface area contributed by atoms with E-state index in [9.17, 15) is 4.79 Å². The minimum atomic E-state index is 0.329. The lowest BCUT2D eigenvalue weighted by Gasteiger charge is -2.63. The average molecular weight is 377 g/mol. The molecule has 4 rings (SSSR count). The smallest absolute Gasteiger partial charge is 0.222 e. The van der Waals surface area contributed by atoms with Crippen LogP contribution in [0.3, 0.4) is 0 Å². The van der Waals surface area contributed by atoms with Gasteiger partial charge in [0.15, 0.2) is 5.96 Å². The first-order valence-corrected chi connectivity index (χ1v) is 11.2. The van der Waals surface area contributed by atoms with E-state index in [0.29, 0.717) is 29.4 Å². The largest absolute Gasteiger partial charge is 0.377 e. The Hall–Kier alpha value is -1.30. The minimum Gasteiger partial charge on any atom is -0.377 e. The highest BCUT2D eigenvalue weighted by Gasteiger charge is 2.66. The first-order chi connectivity index (χ1) is 13.2. The lowest BCUT2D eigenvalue weighted by atomic mass is 9.46. The molecule has 0 radical (unpaired) electrons. The number of ether oxygens (including phenoxy) is 1. The Kier molecular flexibility index (Phi) is 5.90. The number of hydrogen-bond acceptors (Lipinski definition) is 3. The quantitative estimate of drug-likeness (QED) is 0.424. The van der Waals surface area contributed by atoms with Gasteiger partial charge in [-0.3, -0.25) is 9.79 Å². The number of aliphatic imine (C=N–C) groups is 1. The van der Waals surface area contributed by atoms with Crippen molar-refractivity contribution in [2.75, 3.05) is 32.8 Å². The Morgan fingerprint density at radius 2 is 2.19 bits per heavy atom. The van der Waals surface area contributed by atoms with Crippen molar-refractivity contribution in [1.82, 2.24) is 15.5 Å². The van der Waals surface area contributed by atoms with Crippen molar-refractivity contribution in [3.05, 3.63) is 0 Å². The molecular weight excluding hydrogens is 340 g/mol. The third-order valence-corrected chi connectivity index (χ3v) is 7.20. The van der Waals surface area contributed by atoms with Crippen molar-refractivity contribution >= 4 is 11.9 Å². The normalized spacial score (nSPS) is 32.5. The summed E-state index contributed by atoms with van der Waals surface area (Å²) in [6, 6.07) is 0.517. The van der Waals surface area contributed by atoms with Gasteiger partial charge in [0.05, 0.1) is 6.10 Å². The second kappa shape index (κ2) is 8.38. The minimum absolute atomic E-state index is 0.329. The van der Waals surface area contributed by atoms with Crippen molar-refractivity contribution in [1.29, 1.82) is 0 Å². The summed E-state index contributed by atoms with van der Waals surface area (Å²) >= 11 is 0. The van der Waals surface area contributed by atoms with Gasteiger partial charge in [0.25, 0.3) is 0 Å². The lowest BCUT2D eigenvalue weighted by molar-refractivity contribution is -0.171. The van der Waals surface area contributed by atoms with Crippen LogP contribution in [0, 0.1) is 11.3 Å². The predicted molar refractivity (Wildman–Crippen MR) is 107 cm³/mol. The number of carbonyl (C=O) groups excluding carboxylic acids is 1. The summed E-state index contributed by atoms with van der Waals surface area (Å²) in [5.41, 5.74) is 0.371. The molecule has 3 atom stereocenters. The van der Waals surface area contributed by atoms with E-state index < -0.39 is 0 Å². The molecule has 0 aromatic carbocycles. The number of fused-ring (bicyclic) bond motifs is 2. The molecule has 4 fully saturated rings. The number of hydrogen-bond donors (Lipinski definition) is 2. The molecule has 6 nitrogen and oxygen atoms in total. The van der Waals surface area contributed by atoms with Crippen molar-refractivity contribution in [2.24, 2.45) is 16.3 Å². The summed E-state index contributed by atoms with van der Waals surface area (Å²) in [6.07, 6.45) is 10.6. The number of nitrogens with one attached hydrogen (secondary N) is 2. The highest BCUT2D eigenvalue weighted by molar-refractivity contribution is 5.80. The van der Waals surface area contributed by atoms with Crippen LogP contribution >= 0.6 is 0 Å². The molecule has 0 bridgehead atoms. The van der Waals surface area contributed by atoms with Crippen LogP contribution in [0.25, 0.3) is 0 Å². The van der Waals surface area contributed by atoms with Crippen molar-refractivity contribution in [3.8, 4) is 0 Å². The maximum absolute atomic E-state index is 12.1. The fraction of sp³-hybridized carbons (Fsp3) is 0.905. The summed E-state index contributed by atoms with van der Waals surface area (Å²) < 4.78 is 6.03. The Morgan fingerprint density at radius 3 is 2.96 bits per heavy atom. The summed E-state index contributed by atoms with van der Waals surface area (Å²) in [7, 11) is 0. The van der Waals surface area contributed by atoms with E-state index in [0.717, 1.165) is 64.4 Å². The fourth-order valence-electron chi connectivity index (χ4n) is 5.65. The number of rotatable bonds is 6. The molecule has 27 heavy (non-hydrogen) atoms. The molecule has 0 aromatic heterocycles. The molecule has 4 aliphatic rings. The van der Waals surface area contributed by atoms with Crippen molar-refractivity contribution in [2.45, 2.75) is 76.9 Å². The van der Waals surface area contributed by atoms with E-state index in [1.165, 1.54) is 32.1 Å². The van der Waals surface area contributed by atoms with Crippen LogP contribution in [0.1, 0.15) is 64.7 Å². The third-order valence-electron chi connectivity index (χ3n) is 7.20. The highest BCUT2D eigenvalue weighted by atomic mass is 16.5. The van der Waals surface area contributed by atoms with Gasteiger partial charge in [-0.1, -0.05) is 12.8 Å². The standard InChI is InChI=1S/C21H36N4O2/c1-2-22-20(23-12-7-14-25-13-5-3-4-8-17(25)26)24-18-16-9-15-27-19(16)21(18)10-6-11-21/h16,18-19H,2-15H2,1H3,(H2,22,23,24). The molecular formula is C21H36N4O2. The van der Waals surface area contributed by atoms with Gasteiger partial charge in [0.1, 0.15) is 0 Å². The zero-order chi connectivity index (χ0) is 18.7. The number of amides is 1.